The van der Waals surface area contributed by atoms with Crippen molar-refractivity contribution in [2.45, 2.75) is 0 Å². The molecular formula is C15H12ClFN2O2. The maximum absolute atomic E-state index is 12.7. The highest BCUT2D eigenvalue weighted by atomic mass is 35.5. The van der Waals surface area contributed by atoms with Gasteiger partial charge in [0, 0.05) is 5.02 Å². The highest BCUT2D eigenvalue weighted by Gasteiger charge is 2.01. The van der Waals surface area contributed by atoms with Gasteiger partial charge in [-0.15, -0.1) is 0 Å². The molecule has 0 aliphatic rings. The number of ether oxygens (including phenoxy) is 1. The molecular weight excluding hydrogens is 295 g/mol. The Bertz CT molecular complexity index is 644. The second kappa shape index (κ2) is 7.40. The molecule has 6 heteroatoms. The predicted molar refractivity (Wildman–Crippen MR) is 79.1 cm³/mol. The first-order valence-corrected chi connectivity index (χ1v) is 6.47. The number of hydrogen-bond donors (Lipinski definition) is 1. The van der Waals surface area contributed by atoms with Gasteiger partial charge in [-0.1, -0.05) is 29.8 Å². The Morgan fingerprint density at radius 3 is 2.76 bits per heavy atom. The quantitative estimate of drug-likeness (QED) is 0.682. The lowest BCUT2D eigenvalue weighted by Crippen LogP contribution is -2.24. The van der Waals surface area contributed by atoms with Crippen LogP contribution in [0.4, 0.5) is 4.39 Å². The Labute approximate surface area is 126 Å². The molecule has 0 saturated carbocycles. The van der Waals surface area contributed by atoms with Crippen LogP contribution in [0, 0.1) is 5.82 Å². The third-order valence-electron chi connectivity index (χ3n) is 2.44. The van der Waals surface area contributed by atoms with Crippen LogP contribution >= 0.6 is 11.6 Å². The molecule has 1 N–H and O–H groups in total. The minimum absolute atomic E-state index is 0.179. The van der Waals surface area contributed by atoms with Crippen molar-refractivity contribution in [1.82, 2.24) is 5.43 Å². The summed E-state index contributed by atoms with van der Waals surface area (Å²) >= 11 is 5.79. The van der Waals surface area contributed by atoms with E-state index >= 15 is 0 Å². The van der Waals surface area contributed by atoms with E-state index < -0.39 is 5.91 Å². The van der Waals surface area contributed by atoms with E-state index in [0.717, 1.165) is 0 Å². The third-order valence-corrected chi connectivity index (χ3v) is 2.67. The first-order chi connectivity index (χ1) is 10.1. The van der Waals surface area contributed by atoms with Crippen molar-refractivity contribution in [2.24, 2.45) is 5.10 Å². The lowest BCUT2D eigenvalue weighted by molar-refractivity contribution is -0.123. The molecule has 108 valence electrons. The first-order valence-electron chi connectivity index (χ1n) is 6.09. The van der Waals surface area contributed by atoms with E-state index in [1.54, 1.807) is 36.4 Å². The van der Waals surface area contributed by atoms with Gasteiger partial charge < -0.3 is 4.74 Å². The number of rotatable bonds is 5. The molecule has 0 heterocycles. The van der Waals surface area contributed by atoms with Gasteiger partial charge in [0.1, 0.15) is 11.6 Å². The molecule has 0 aliphatic carbocycles. The summed E-state index contributed by atoms with van der Waals surface area (Å²) in [5, 5.41) is 4.28. The summed E-state index contributed by atoms with van der Waals surface area (Å²) in [6.45, 7) is -0.179. The lowest BCUT2D eigenvalue weighted by Gasteiger charge is -2.04. The fourth-order valence-electron chi connectivity index (χ4n) is 1.47. The van der Waals surface area contributed by atoms with Crippen molar-refractivity contribution in [3.63, 3.8) is 0 Å². The average Bonchev–Trinajstić information content (AvgIpc) is 2.47. The monoisotopic (exact) mass is 306 g/mol. The van der Waals surface area contributed by atoms with Crippen LogP contribution in [-0.4, -0.2) is 18.7 Å². The molecule has 1 amide bonds. The van der Waals surface area contributed by atoms with Crippen molar-refractivity contribution in [2.75, 3.05) is 6.61 Å². The number of halogens is 2. The molecule has 0 spiro atoms. The zero-order valence-electron chi connectivity index (χ0n) is 10.9. The van der Waals surface area contributed by atoms with Gasteiger partial charge in [-0.3, -0.25) is 4.79 Å². The van der Waals surface area contributed by atoms with Gasteiger partial charge in [0.05, 0.1) is 6.21 Å². The minimum Gasteiger partial charge on any atom is -0.484 e. The van der Waals surface area contributed by atoms with Gasteiger partial charge >= 0.3 is 0 Å². The van der Waals surface area contributed by atoms with Crippen LogP contribution in [0.3, 0.4) is 0 Å². The van der Waals surface area contributed by atoms with E-state index in [1.165, 1.54) is 18.3 Å². The number of nitrogens with zero attached hydrogens (tertiary/aromatic N) is 1. The molecule has 2 aromatic rings. The largest absolute Gasteiger partial charge is 0.484 e. The SMILES string of the molecule is O=C(COc1cccc(Cl)c1)NN=Cc1ccc(F)cc1. The standard InChI is InChI=1S/C15H12ClFN2O2/c16-12-2-1-3-14(8-12)21-10-15(20)19-18-9-11-4-6-13(17)7-5-11/h1-9H,10H2,(H,19,20). The van der Waals surface area contributed by atoms with E-state index in [0.29, 0.717) is 16.3 Å². The van der Waals surface area contributed by atoms with Crippen LogP contribution in [0.5, 0.6) is 5.75 Å². The summed E-state index contributed by atoms with van der Waals surface area (Å²) < 4.78 is 17.9. The van der Waals surface area contributed by atoms with Crippen LogP contribution < -0.4 is 10.2 Å². The predicted octanol–water partition coefficient (Wildman–Crippen LogP) is 3.01. The van der Waals surface area contributed by atoms with Crippen molar-refractivity contribution < 1.29 is 13.9 Å². The lowest BCUT2D eigenvalue weighted by atomic mass is 10.2. The van der Waals surface area contributed by atoms with Crippen LogP contribution in [0.1, 0.15) is 5.56 Å². The number of benzene rings is 2. The van der Waals surface area contributed by atoms with Crippen LogP contribution in [0.2, 0.25) is 5.02 Å². The molecule has 0 unspecified atom stereocenters. The molecule has 0 aliphatic heterocycles. The molecule has 0 bridgehead atoms. The Morgan fingerprint density at radius 1 is 1.29 bits per heavy atom. The fourth-order valence-corrected chi connectivity index (χ4v) is 1.65. The highest BCUT2D eigenvalue weighted by Crippen LogP contribution is 2.16. The van der Waals surface area contributed by atoms with Gasteiger partial charge in [-0.05, 0) is 35.9 Å². The summed E-state index contributed by atoms with van der Waals surface area (Å²) in [6.07, 6.45) is 1.41. The van der Waals surface area contributed by atoms with Crippen molar-refractivity contribution in [3.8, 4) is 5.75 Å². The van der Waals surface area contributed by atoms with E-state index in [2.05, 4.69) is 10.5 Å². The molecule has 0 fully saturated rings. The summed E-state index contributed by atoms with van der Waals surface area (Å²) in [5.74, 6) is -0.236. The molecule has 0 aromatic heterocycles. The Kier molecular flexibility index (Phi) is 5.29. The second-order valence-corrected chi connectivity index (χ2v) is 4.53. The topological polar surface area (TPSA) is 50.7 Å². The van der Waals surface area contributed by atoms with E-state index in [9.17, 15) is 9.18 Å². The Hall–Kier alpha value is -2.40. The second-order valence-electron chi connectivity index (χ2n) is 4.09. The van der Waals surface area contributed by atoms with Crippen LogP contribution in [0.25, 0.3) is 0 Å². The molecule has 4 nitrogen and oxygen atoms in total. The van der Waals surface area contributed by atoms with Gasteiger partial charge in [-0.2, -0.15) is 5.10 Å². The van der Waals surface area contributed by atoms with Crippen molar-refractivity contribution >= 4 is 23.7 Å². The number of hydrazone groups is 1. The molecule has 0 saturated heterocycles. The van der Waals surface area contributed by atoms with Crippen molar-refractivity contribution in [1.29, 1.82) is 0 Å². The molecule has 0 atom stereocenters. The van der Waals surface area contributed by atoms with Gasteiger partial charge in [0.15, 0.2) is 6.61 Å². The fraction of sp³-hybridized carbons (Fsp3) is 0.0667. The molecule has 2 rings (SSSR count). The van der Waals surface area contributed by atoms with Gasteiger partial charge in [0.2, 0.25) is 0 Å². The Balaban J connectivity index is 1.78. The zero-order chi connectivity index (χ0) is 15.1. The number of amides is 1. The van der Waals surface area contributed by atoms with Crippen LogP contribution in [0.15, 0.2) is 53.6 Å². The summed E-state index contributed by atoms with van der Waals surface area (Å²) in [4.78, 5) is 11.5. The maximum atomic E-state index is 12.7. The van der Waals surface area contributed by atoms with Crippen molar-refractivity contribution in [3.05, 3.63) is 64.9 Å². The summed E-state index contributed by atoms with van der Waals surface area (Å²) in [5.41, 5.74) is 2.98. The summed E-state index contributed by atoms with van der Waals surface area (Å²) in [7, 11) is 0. The molecule has 2 aromatic carbocycles. The van der Waals surface area contributed by atoms with Gasteiger partial charge in [-0.25, -0.2) is 9.82 Å². The minimum atomic E-state index is -0.409. The third kappa shape index (κ3) is 5.24. The van der Waals surface area contributed by atoms with E-state index in [4.69, 9.17) is 16.3 Å². The molecule has 21 heavy (non-hydrogen) atoms. The van der Waals surface area contributed by atoms with E-state index in [1.807, 2.05) is 0 Å². The normalized spacial score (nSPS) is 10.6. The zero-order valence-corrected chi connectivity index (χ0v) is 11.7. The number of hydrogen-bond acceptors (Lipinski definition) is 3. The highest BCUT2D eigenvalue weighted by molar-refractivity contribution is 6.30. The Morgan fingerprint density at radius 2 is 2.05 bits per heavy atom. The number of nitrogens with one attached hydrogen (secondary N) is 1. The van der Waals surface area contributed by atoms with Gasteiger partial charge in [0.25, 0.3) is 5.91 Å². The smallest absolute Gasteiger partial charge is 0.277 e. The number of carbonyl (C=O) groups is 1. The molecule has 0 radical (unpaired) electrons. The average molecular weight is 307 g/mol. The van der Waals surface area contributed by atoms with Crippen LogP contribution in [-0.2, 0) is 4.79 Å². The maximum Gasteiger partial charge on any atom is 0.277 e. The number of carbonyl (C=O) groups excluding carboxylic acids is 1. The summed E-state index contributed by atoms with van der Waals surface area (Å²) in [6, 6.07) is 12.5. The first kappa shape index (κ1) is 15.0. The van der Waals surface area contributed by atoms with E-state index in [-0.39, 0.29) is 12.4 Å².